The number of halogens is 1. The number of hydrogen-bond acceptors (Lipinski definition) is 3. The number of benzene rings is 2. The Balaban J connectivity index is 0.00000280. The number of amides is 1. The van der Waals surface area contributed by atoms with Gasteiger partial charge >= 0.3 is 0 Å². The van der Waals surface area contributed by atoms with Crippen molar-refractivity contribution in [3.8, 4) is 5.75 Å². The molecule has 0 aromatic heterocycles. The lowest BCUT2D eigenvalue weighted by atomic mass is 10.2. The van der Waals surface area contributed by atoms with Crippen LogP contribution in [0.4, 0.5) is 5.69 Å². The summed E-state index contributed by atoms with van der Waals surface area (Å²) >= 11 is 0. The molecule has 150 valence electrons. The predicted octanol–water partition coefficient (Wildman–Crippen LogP) is 2.83. The Morgan fingerprint density at radius 2 is 1.86 bits per heavy atom. The van der Waals surface area contributed by atoms with Gasteiger partial charge in [0.1, 0.15) is 5.75 Å². The maximum absolute atomic E-state index is 12.5. The number of hydrogen-bond donors (Lipinski definition) is 2. The Morgan fingerprint density at radius 3 is 2.64 bits per heavy atom. The summed E-state index contributed by atoms with van der Waals surface area (Å²) < 4.78 is 5.66. The van der Waals surface area contributed by atoms with E-state index >= 15 is 0 Å². The molecule has 0 saturated carbocycles. The molecule has 0 atom stereocenters. The average molecular weight is 494 g/mol. The number of anilines is 1. The highest BCUT2D eigenvalue weighted by molar-refractivity contribution is 14.0. The third kappa shape index (κ3) is 6.12. The van der Waals surface area contributed by atoms with Crippen molar-refractivity contribution in [3.63, 3.8) is 0 Å². The summed E-state index contributed by atoms with van der Waals surface area (Å²) in [5.41, 5.74) is 2.25. The second-order valence-corrected chi connectivity index (χ2v) is 6.29. The lowest BCUT2D eigenvalue weighted by Crippen LogP contribution is -2.44. The van der Waals surface area contributed by atoms with Crippen molar-refractivity contribution in [2.24, 2.45) is 4.99 Å². The maximum Gasteiger partial charge on any atom is 0.246 e. The van der Waals surface area contributed by atoms with Crippen molar-refractivity contribution in [2.45, 2.75) is 12.8 Å². The van der Waals surface area contributed by atoms with Crippen LogP contribution in [0.15, 0.2) is 59.6 Å². The van der Waals surface area contributed by atoms with E-state index in [1.807, 2.05) is 53.4 Å². The first-order chi connectivity index (χ1) is 13.3. The molecule has 0 spiro atoms. The summed E-state index contributed by atoms with van der Waals surface area (Å²) in [4.78, 5) is 18.5. The summed E-state index contributed by atoms with van der Waals surface area (Å²) in [6, 6.07) is 17.8. The molecule has 7 heteroatoms. The third-order valence-corrected chi connectivity index (χ3v) is 4.44. The van der Waals surface area contributed by atoms with Gasteiger partial charge < -0.3 is 20.3 Å². The van der Waals surface area contributed by atoms with E-state index in [1.165, 1.54) is 5.56 Å². The Labute approximate surface area is 183 Å². The van der Waals surface area contributed by atoms with Crippen LogP contribution < -0.4 is 20.3 Å². The minimum Gasteiger partial charge on any atom is -0.494 e. The van der Waals surface area contributed by atoms with Gasteiger partial charge in [-0.1, -0.05) is 36.4 Å². The van der Waals surface area contributed by atoms with E-state index in [0.717, 1.165) is 30.8 Å². The number of ether oxygens (including phenoxy) is 1. The first-order valence-corrected chi connectivity index (χ1v) is 9.28. The van der Waals surface area contributed by atoms with Crippen molar-refractivity contribution < 1.29 is 9.53 Å². The van der Waals surface area contributed by atoms with E-state index in [-0.39, 0.29) is 36.4 Å². The molecule has 0 saturated heterocycles. The summed E-state index contributed by atoms with van der Waals surface area (Å²) in [5.74, 6) is 1.54. The molecule has 2 aromatic carbocycles. The van der Waals surface area contributed by atoms with E-state index in [4.69, 9.17) is 4.74 Å². The van der Waals surface area contributed by atoms with Crippen LogP contribution in [0.3, 0.4) is 0 Å². The third-order valence-electron chi connectivity index (χ3n) is 4.44. The van der Waals surface area contributed by atoms with Gasteiger partial charge in [0, 0.05) is 25.8 Å². The highest BCUT2D eigenvalue weighted by Gasteiger charge is 2.23. The van der Waals surface area contributed by atoms with Crippen molar-refractivity contribution >= 4 is 41.5 Å². The average Bonchev–Trinajstić information content (AvgIpc) is 3.15. The predicted molar refractivity (Wildman–Crippen MR) is 124 cm³/mol. The first-order valence-electron chi connectivity index (χ1n) is 9.28. The standard InChI is InChI=1S/C21H26N4O2.HI/c1-22-21(23-13-7-15-27-18-9-3-2-4-10-18)24-16-20(26)25-14-12-17-8-5-6-11-19(17)25;/h2-6,8-11H,7,12-16H2,1H3,(H2,22,23,24);1H. The molecule has 0 aliphatic carbocycles. The van der Waals surface area contributed by atoms with Gasteiger partial charge in [0.15, 0.2) is 5.96 Å². The fourth-order valence-corrected chi connectivity index (χ4v) is 3.06. The molecule has 1 amide bonds. The van der Waals surface area contributed by atoms with Crippen LogP contribution >= 0.6 is 24.0 Å². The fourth-order valence-electron chi connectivity index (χ4n) is 3.06. The lowest BCUT2D eigenvalue weighted by molar-refractivity contribution is -0.117. The van der Waals surface area contributed by atoms with Gasteiger partial charge in [-0.25, -0.2) is 0 Å². The largest absolute Gasteiger partial charge is 0.494 e. The van der Waals surface area contributed by atoms with Gasteiger partial charge in [-0.3, -0.25) is 9.79 Å². The van der Waals surface area contributed by atoms with Crippen LogP contribution in [0.5, 0.6) is 5.75 Å². The number of aliphatic imine (C=N–C) groups is 1. The molecule has 3 rings (SSSR count). The Hall–Kier alpha value is -2.29. The SMILES string of the molecule is CN=C(NCCCOc1ccccc1)NCC(=O)N1CCc2ccccc21.I. The molecule has 1 aliphatic heterocycles. The second kappa shape index (κ2) is 11.5. The molecule has 0 fully saturated rings. The molecule has 0 unspecified atom stereocenters. The van der Waals surface area contributed by atoms with E-state index in [2.05, 4.69) is 21.7 Å². The van der Waals surface area contributed by atoms with Crippen LogP contribution in [-0.2, 0) is 11.2 Å². The number of carbonyl (C=O) groups is 1. The van der Waals surface area contributed by atoms with Gasteiger partial charge in [-0.2, -0.15) is 0 Å². The van der Waals surface area contributed by atoms with E-state index in [9.17, 15) is 4.79 Å². The lowest BCUT2D eigenvalue weighted by Gasteiger charge is -2.18. The van der Waals surface area contributed by atoms with Gasteiger partial charge in [-0.15, -0.1) is 24.0 Å². The normalized spacial score (nSPS) is 12.8. The zero-order valence-corrected chi connectivity index (χ0v) is 18.4. The summed E-state index contributed by atoms with van der Waals surface area (Å²) in [6.45, 7) is 2.29. The van der Waals surface area contributed by atoms with E-state index in [0.29, 0.717) is 19.1 Å². The number of para-hydroxylation sites is 2. The van der Waals surface area contributed by atoms with E-state index < -0.39 is 0 Å². The smallest absolute Gasteiger partial charge is 0.246 e. The Kier molecular flexibility index (Phi) is 9.06. The number of guanidine groups is 1. The number of nitrogens with one attached hydrogen (secondary N) is 2. The highest BCUT2D eigenvalue weighted by atomic mass is 127. The van der Waals surface area contributed by atoms with Gasteiger partial charge in [0.2, 0.25) is 5.91 Å². The van der Waals surface area contributed by atoms with Gasteiger partial charge in [0.25, 0.3) is 0 Å². The van der Waals surface area contributed by atoms with Crippen LogP contribution in [0, 0.1) is 0 Å². The molecule has 0 radical (unpaired) electrons. The quantitative estimate of drug-likeness (QED) is 0.269. The zero-order valence-electron chi connectivity index (χ0n) is 16.1. The number of fused-ring (bicyclic) bond motifs is 1. The Bertz CT molecular complexity index is 783. The summed E-state index contributed by atoms with van der Waals surface area (Å²) in [6.07, 6.45) is 1.75. The highest BCUT2D eigenvalue weighted by Crippen LogP contribution is 2.27. The van der Waals surface area contributed by atoms with Gasteiger partial charge in [0.05, 0.1) is 13.2 Å². The molecule has 2 N–H and O–H groups in total. The summed E-state index contributed by atoms with van der Waals surface area (Å²) in [5, 5.41) is 6.30. The van der Waals surface area contributed by atoms with Crippen LogP contribution in [0.2, 0.25) is 0 Å². The van der Waals surface area contributed by atoms with Gasteiger partial charge in [-0.05, 0) is 36.6 Å². The zero-order chi connectivity index (χ0) is 18.9. The molecule has 0 bridgehead atoms. The Morgan fingerprint density at radius 1 is 1.11 bits per heavy atom. The van der Waals surface area contributed by atoms with Crippen LogP contribution in [0.25, 0.3) is 0 Å². The van der Waals surface area contributed by atoms with Crippen molar-refractivity contribution in [1.29, 1.82) is 0 Å². The monoisotopic (exact) mass is 494 g/mol. The second-order valence-electron chi connectivity index (χ2n) is 6.29. The number of nitrogens with zero attached hydrogens (tertiary/aromatic N) is 2. The molecule has 6 nitrogen and oxygen atoms in total. The topological polar surface area (TPSA) is 66.0 Å². The van der Waals surface area contributed by atoms with Crippen LogP contribution in [-0.4, -0.2) is 45.2 Å². The minimum absolute atomic E-state index is 0. The molecular formula is C21H27IN4O2. The van der Waals surface area contributed by atoms with Crippen molar-refractivity contribution in [1.82, 2.24) is 10.6 Å². The minimum atomic E-state index is 0. The van der Waals surface area contributed by atoms with Crippen molar-refractivity contribution in [2.75, 3.05) is 38.2 Å². The number of rotatable bonds is 7. The summed E-state index contributed by atoms with van der Waals surface area (Å²) in [7, 11) is 1.70. The van der Waals surface area contributed by atoms with E-state index in [1.54, 1.807) is 7.05 Å². The first kappa shape index (κ1) is 22.0. The molecule has 2 aromatic rings. The molecule has 1 aliphatic rings. The number of carbonyl (C=O) groups excluding carboxylic acids is 1. The maximum atomic E-state index is 12.5. The fraction of sp³-hybridized carbons (Fsp3) is 0.333. The van der Waals surface area contributed by atoms with Crippen LogP contribution in [0.1, 0.15) is 12.0 Å². The molecule has 1 heterocycles. The van der Waals surface area contributed by atoms with Crippen molar-refractivity contribution in [3.05, 3.63) is 60.2 Å². The molecule has 28 heavy (non-hydrogen) atoms. The molecular weight excluding hydrogens is 467 g/mol.